The predicted molar refractivity (Wildman–Crippen MR) is 101 cm³/mol. The molecule has 0 atom stereocenters. The van der Waals surface area contributed by atoms with Gasteiger partial charge in [0.1, 0.15) is 5.52 Å². The van der Waals surface area contributed by atoms with Crippen LogP contribution in [0.3, 0.4) is 0 Å². The van der Waals surface area contributed by atoms with Crippen LogP contribution in [0.15, 0.2) is 23.1 Å². The minimum atomic E-state index is -0.342. The highest BCUT2D eigenvalue weighted by Crippen LogP contribution is 2.12. The van der Waals surface area contributed by atoms with E-state index >= 15 is 0 Å². The Kier molecular flexibility index (Phi) is 5.66. The molecule has 7 heteroatoms. The van der Waals surface area contributed by atoms with Crippen LogP contribution in [0.5, 0.6) is 0 Å². The Bertz CT molecular complexity index is 837. The largest absolute Gasteiger partial charge is 0.335 e. The summed E-state index contributed by atoms with van der Waals surface area (Å²) >= 11 is 0. The fourth-order valence-corrected chi connectivity index (χ4v) is 3.39. The number of fused-ring (bicyclic) bond motifs is 1. The van der Waals surface area contributed by atoms with Gasteiger partial charge in [0.05, 0.1) is 0 Å². The maximum Gasteiger partial charge on any atom is 0.283 e. The average Bonchev–Trinajstić information content (AvgIpc) is 2.64. The number of nitrogens with zero attached hydrogens (tertiary/aromatic N) is 5. The normalized spacial score (nSPS) is 15.8. The van der Waals surface area contributed by atoms with Crippen molar-refractivity contribution in [3.8, 4) is 0 Å². The zero-order valence-electron chi connectivity index (χ0n) is 15.8. The van der Waals surface area contributed by atoms with Crippen molar-refractivity contribution in [3.63, 3.8) is 0 Å². The van der Waals surface area contributed by atoms with Gasteiger partial charge >= 0.3 is 0 Å². The minimum absolute atomic E-state index is 0.00934. The summed E-state index contributed by atoms with van der Waals surface area (Å²) in [6.07, 6.45) is 2.75. The quantitative estimate of drug-likeness (QED) is 0.813. The maximum absolute atomic E-state index is 13.0. The third-order valence-electron chi connectivity index (χ3n) is 4.65. The van der Waals surface area contributed by atoms with Crippen LogP contribution in [-0.2, 0) is 6.54 Å². The summed E-state index contributed by atoms with van der Waals surface area (Å²) in [5, 5.41) is 0. The lowest BCUT2D eigenvalue weighted by atomic mass is 10.2. The van der Waals surface area contributed by atoms with E-state index in [1.165, 1.54) is 0 Å². The first-order valence-electron chi connectivity index (χ1n) is 9.38. The molecule has 1 aliphatic heterocycles. The van der Waals surface area contributed by atoms with E-state index in [9.17, 15) is 9.59 Å². The number of amides is 1. The van der Waals surface area contributed by atoms with E-state index in [0.717, 1.165) is 26.1 Å². The van der Waals surface area contributed by atoms with E-state index in [4.69, 9.17) is 0 Å². The Morgan fingerprint density at radius 1 is 1.23 bits per heavy atom. The molecule has 0 N–H and O–H groups in total. The van der Waals surface area contributed by atoms with Gasteiger partial charge in [-0.05, 0) is 31.0 Å². The minimum Gasteiger partial charge on any atom is -0.335 e. The van der Waals surface area contributed by atoms with Gasteiger partial charge in [-0.25, -0.2) is 9.97 Å². The third-order valence-corrected chi connectivity index (χ3v) is 4.65. The van der Waals surface area contributed by atoms with Crippen LogP contribution in [0.25, 0.3) is 11.2 Å². The van der Waals surface area contributed by atoms with Crippen molar-refractivity contribution >= 4 is 17.1 Å². The molecule has 0 bridgehead atoms. The van der Waals surface area contributed by atoms with E-state index in [2.05, 4.69) is 21.8 Å². The van der Waals surface area contributed by atoms with Crippen LogP contribution in [0.2, 0.25) is 0 Å². The van der Waals surface area contributed by atoms with Crippen molar-refractivity contribution in [2.24, 2.45) is 5.92 Å². The zero-order valence-corrected chi connectivity index (χ0v) is 15.8. The summed E-state index contributed by atoms with van der Waals surface area (Å²) in [6.45, 7) is 10.7. The monoisotopic (exact) mass is 357 g/mol. The van der Waals surface area contributed by atoms with E-state index < -0.39 is 0 Å². The number of pyridine rings is 1. The first kappa shape index (κ1) is 18.5. The summed E-state index contributed by atoms with van der Waals surface area (Å²) in [4.78, 5) is 38.7. The van der Waals surface area contributed by atoms with E-state index in [1.54, 1.807) is 27.8 Å². The Morgan fingerprint density at radius 3 is 2.62 bits per heavy atom. The van der Waals surface area contributed by atoms with Crippen molar-refractivity contribution in [2.45, 2.75) is 33.7 Å². The summed E-state index contributed by atoms with van der Waals surface area (Å²) in [7, 11) is 0. The molecule has 2 aromatic heterocycles. The van der Waals surface area contributed by atoms with Gasteiger partial charge in [-0.2, -0.15) is 0 Å². The molecule has 1 saturated heterocycles. The number of aromatic nitrogens is 3. The van der Waals surface area contributed by atoms with Gasteiger partial charge in [0.2, 0.25) is 0 Å². The van der Waals surface area contributed by atoms with Gasteiger partial charge in [0, 0.05) is 38.9 Å². The molecule has 1 aliphatic rings. The van der Waals surface area contributed by atoms with E-state index in [-0.39, 0.29) is 23.1 Å². The van der Waals surface area contributed by atoms with Crippen molar-refractivity contribution in [1.82, 2.24) is 24.3 Å². The molecule has 1 amide bonds. The second-order valence-corrected chi connectivity index (χ2v) is 7.25. The highest BCUT2D eigenvalue weighted by Gasteiger charge is 2.26. The Morgan fingerprint density at radius 2 is 1.96 bits per heavy atom. The van der Waals surface area contributed by atoms with E-state index in [0.29, 0.717) is 30.8 Å². The number of carbonyl (C=O) groups excluding carboxylic acids is 1. The molecular weight excluding hydrogens is 330 g/mol. The van der Waals surface area contributed by atoms with Crippen LogP contribution in [-0.4, -0.2) is 63.0 Å². The molecule has 0 saturated carbocycles. The van der Waals surface area contributed by atoms with Gasteiger partial charge in [0.15, 0.2) is 11.3 Å². The Balaban J connectivity index is 1.93. The fourth-order valence-electron chi connectivity index (χ4n) is 3.39. The molecule has 140 valence electrons. The van der Waals surface area contributed by atoms with Crippen LogP contribution < -0.4 is 5.56 Å². The van der Waals surface area contributed by atoms with Gasteiger partial charge < -0.3 is 4.90 Å². The number of rotatable bonds is 5. The lowest BCUT2D eigenvalue weighted by Crippen LogP contribution is -2.50. The molecule has 26 heavy (non-hydrogen) atoms. The number of hydrogen-bond donors (Lipinski definition) is 0. The topological polar surface area (TPSA) is 71.3 Å². The molecule has 1 fully saturated rings. The molecule has 0 aliphatic carbocycles. The number of carbonyl (C=O) groups is 1. The van der Waals surface area contributed by atoms with Gasteiger partial charge in [0.25, 0.3) is 11.5 Å². The molecule has 3 rings (SSSR count). The SMILES string of the molecule is CCCN1CCN(C(=O)c2nc3cccnc3n(CC(C)C)c2=O)CC1. The molecule has 0 radical (unpaired) electrons. The third kappa shape index (κ3) is 3.77. The second kappa shape index (κ2) is 7.95. The number of piperazine rings is 1. The first-order chi connectivity index (χ1) is 12.5. The molecule has 0 aromatic carbocycles. The zero-order chi connectivity index (χ0) is 18.7. The second-order valence-electron chi connectivity index (χ2n) is 7.25. The highest BCUT2D eigenvalue weighted by molar-refractivity contribution is 5.93. The van der Waals surface area contributed by atoms with Crippen molar-refractivity contribution in [3.05, 3.63) is 34.4 Å². The molecule has 2 aromatic rings. The molecule has 3 heterocycles. The van der Waals surface area contributed by atoms with Crippen molar-refractivity contribution in [1.29, 1.82) is 0 Å². The van der Waals surface area contributed by atoms with Crippen LogP contribution in [0.4, 0.5) is 0 Å². The fraction of sp³-hybridized carbons (Fsp3) is 0.579. The maximum atomic E-state index is 13.0. The average molecular weight is 357 g/mol. The summed E-state index contributed by atoms with van der Waals surface area (Å²) in [5.74, 6) is -0.00439. The first-order valence-corrected chi connectivity index (χ1v) is 9.38. The molecule has 7 nitrogen and oxygen atoms in total. The van der Waals surface area contributed by atoms with Crippen molar-refractivity contribution < 1.29 is 4.79 Å². The lowest BCUT2D eigenvalue weighted by molar-refractivity contribution is 0.0629. The molecule has 0 spiro atoms. The molecular formula is C19H27N5O2. The van der Waals surface area contributed by atoms with E-state index in [1.807, 2.05) is 13.8 Å². The number of hydrogen-bond acceptors (Lipinski definition) is 5. The van der Waals surface area contributed by atoms with Crippen molar-refractivity contribution in [2.75, 3.05) is 32.7 Å². The Labute approximate surface area is 153 Å². The molecule has 0 unspecified atom stereocenters. The predicted octanol–water partition coefficient (Wildman–Crippen LogP) is 1.62. The Hall–Kier alpha value is -2.28. The van der Waals surface area contributed by atoms with Crippen LogP contribution >= 0.6 is 0 Å². The lowest BCUT2D eigenvalue weighted by Gasteiger charge is -2.34. The van der Waals surface area contributed by atoms with Gasteiger partial charge in [-0.3, -0.25) is 19.1 Å². The standard InChI is InChI=1S/C19H27N5O2/c1-4-8-22-9-11-23(12-10-22)18(25)16-19(26)24(13-14(2)3)17-15(21-16)6-5-7-20-17/h5-7,14H,4,8-13H2,1-3H3. The highest BCUT2D eigenvalue weighted by atomic mass is 16.2. The van der Waals surface area contributed by atoms with Gasteiger partial charge in [-0.1, -0.05) is 20.8 Å². The van der Waals surface area contributed by atoms with Gasteiger partial charge in [-0.15, -0.1) is 0 Å². The van der Waals surface area contributed by atoms with Crippen LogP contribution in [0, 0.1) is 5.92 Å². The smallest absolute Gasteiger partial charge is 0.283 e. The summed E-state index contributed by atoms with van der Waals surface area (Å²) in [6, 6.07) is 3.58. The summed E-state index contributed by atoms with van der Waals surface area (Å²) < 4.78 is 1.59. The summed E-state index contributed by atoms with van der Waals surface area (Å²) in [5.41, 5.74) is 0.789. The van der Waals surface area contributed by atoms with Crippen LogP contribution in [0.1, 0.15) is 37.7 Å².